The van der Waals surface area contributed by atoms with E-state index in [0.29, 0.717) is 17.1 Å². The SMILES string of the molecule is CCNc1ccc(Cl)cc1C(=O)NCCN(CC)C1CC1. The molecule has 21 heavy (non-hydrogen) atoms. The summed E-state index contributed by atoms with van der Waals surface area (Å²) in [6.45, 7) is 7.56. The zero-order chi connectivity index (χ0) is 15.2. The van der Waals surface area contributed by atoms with Crippen molar-refractivity contribution in [3.8, 4) is 0 Å². The molecule has 2 N–H and O–H groups in total. The molecule has 0 heterocycles. The molecule has 2 rings (SSSR count). The van der Waals surface area contributed by atoms with Crippen LogP contribution in [0.25, 0.3) is 0 Å². The normalized spacial score (nSPS) is 14.3. The summed E-state index contributed by atoms with van der Waals surface area (Å²) in [5.74, 6) is -0.0692. The maximum absolute atomic E-state index is 12.3. The number of carbonyl (C=O) groups excluding carboxylic acids is 1. The Hall–Kier alpha value is -1.26. The molecule has 0 bridgehead atoms. The fraction of sp³-hybridized carbons (Fsp3) is 0.562. The van der Waals surface area contributed by atoms with E-state index < -0.39 is 0 Å². The predicted octanol–water partition coefficient (Wildman–Crippen LogP) is 2.99. The van der Waals surface area contributed by atoms with Crippen LogP contribution in [-0.4, -0.2) is 43.0 Å². The van der Waals surface area contributed by atoms with E-state index in [-0.39, 0.29) is 5.91 Å². The van der Waals surface area contributed by atoms with Gasteiger partial charge in [0.25, 0.3) is 5.91 Å². The third kappa shape index (κ3) is 4.61. The Balaban J connectivity index is 1.91. The second-order valence-corrected chi connectivity index (χ2v) is 5.77. The van der Waals surface area contributed by atoms with Crippen molar-refractivity contribution in [3.05, 3.63) is 28.8 Å². The molecule has 0 radical (unpaired) electrons. The summed E-state index contributed by atoms with van der Waals surface area (Å²) in [5.41, 5.74) is 1.44. The Morgan fingerprint density at radius 1 is 1.38 bits per heavy atom. The van der Waals surface area contributed by atoms with Gasteiger partial charge < -0.3 is 10.6 Å². The van der Waals surface area contributed by atoms with E-state index in [1.165, 1.54) is 12.8 Å². The van der Waals surface area contributed by atoms with Crippen LogP contribution in [0.2, 0.25) is 5.02 Å². The average Bonchev–Trinajstić information content (AvgIpc) is 3.30. The topological polar surface area (TPSA) is 44.4 Å². The number of rotatable bonds is 8. The van der Waals surface area contributed by atoms with Crippen LogP contribution in [0.15, 0.2) is 18.2 Å². The van der Waals surface area contributed by atoms with Gasteiger partial charge in [-0.25, -0.2) is 0 Å². The van der Waals surface area contributed by atoms with Gasteiger partial charge >= 0.3 is 0 Å². The summed E-state index contributed by atoms with van der Waals surface area (Å²) in [7, 11) is 0. The molecule has 5 heteroatoms. The van der Waals surface area contributed by atoms with Gasteiger partial charge in [0.1, 0.15) is 0 Å². The number of carbonyl (C=O) groups is 1. The quantitative estimate of drug-likeness (QED) is 0.776. The molecule has 0 atom stereocenters. The first kappa shape index (κ1) is 16.1. The molecule has 1 amide bonds. The molecule has 116 valence electrons. The van der Waals surface area contributed by atoms with Gasteiger partial charge in [-0.1, -0.05) is 18.5 Å². The largest absolute Gasteiger partial charge is 0.385 e. The third-order valence-corrected chi connectivity index (χ3v) is 3.98. The lowest BCUT2D eigenvalue weighted by atomic mass is 10.1. The van der Waals surface area contributed by atoms with Gasteiger partial charge in [0.2, 0.25) is 0 Å². The number of likely N-dealkylation sites (N-methyl/N-ethyl adjacent to an activating group) is 1. The second kappa shape index (κ2) is 7.66. The molecule has 1 aliphatic carbocycles. The van der Waals surface area contributed by atoms with E-state index >= 15 is 0 Å². The maximum atomic E-state index is 12.3. The van der Waals surface area contributed by atoms with Crippen LogP contribution in [0.4, 0.5) is 5.69 Å². The van der Waals surface area contributed by atoms with Crippen molar-refractivity contribution < 1.29 is 4.79 Å². The lowest BCUT2D eigenvalue weighted by molar-refractivity contribution is 0.0948. The zero-order valence-corrected chi connectivity index (χ0v) is 13.5. The summed E-state index contributed by atoms with van der Waals surface area (Å²) >= 11 is 6.00. The third-order valence-electron chi connectivity index (χ3n) is 3.75. The van der Waals surface area contributed by atoms with Crippen molar-refractivity contribution in [1.82, 2.24) is 10.2 Å². The van der Waals surface area contributed by atoms with Crippen molar-refractivity contribution in [2.75, 3.05) is 31.5 Å². The van der Waals surface area contributed by atoms with Crippen LogP contribution < -0.4 is 10.6 Å². The van der Waals surface area contributed by atoms with Crippen LogP contribution >= 0.6 is 11.6 Å². The predicted molar refractivity (Wildman–Crippen MR) is 88.2 cm³/mol. The minimum absolute atomic E-state index is 0.0692. The fourth-order valence-electron chi connectivity index (χ4n) is 2.50. The van der Waals surface area contributed by atoms with Gasteiger partial charge in [0.15, 0.2) is 0 Å². The van der Waals surface area contributed by atoms with Crippen molar-refractivity contribution in [2.45, 2.75) is 32.7 Å². The van der Waals surface area contributed by atoms with Crippen molar-refractivity contribution in [3.63, 3.8) is 0 Å². The van der Waals surface area contributed by atoms with E-state index in [1.54, 1.807) is 12.1 Å². The number of amides is 1. The van der Waals surface area contributed by atoms with Crippen LogP contribution in [0, 0.1) is 0 Å². The molecule has 0 unspecified atom stereocenters. The lowest BCUT2D eigenvalue weighted by Crippen LogP contribution is -2.36. The number of hydrogen-bond acceptors (Lipinski definition) is 3. The maximum Gasteiger partial charge on any atom is 0.253 e. The molecule has 0 aliphatic heterocycles. The molecular formula is C16H24ClN3O. The van der Waals surface area contributed by atoms with E-state index in [4.69, 9.17) is 11.6 Å². The number of anilines is 1. The van der Waals surface area contributed by atoms with Gasteiger partial charge in [-0.3, -0.25) is 9.69 Å². The average molecular weight is 310 g/mol. The summed E-state index contributed by atoms with van der Waals surface area (Å²) < 4.78 is 0. The Morgan fingerprint density at radius 2 is 2.14 bits per heavy atom. The molecule has 1 aliphatic rings. The summed E-state index contributed by atoms with van der Waals surface area (Å²) in [6, 6.07) is 6.09. The smallest absolute Gasteiger partial charge is 0.253 e. The standard InChI is InChI=1S/C16H24ClN3O/c1-3-18-15-8-5-12(17)11-14(15)16(21)19-9-10-20(4-2)13-6-7-13/h5,8,11,13,18H,3-4,6-7,9-10H2,1-2H3,(H,19,21). The first-order valence-corrected chi connectivity index (χ1v) is 8.09. The summed E-state index contributed by atoms with van der Waals surface area (Å²) in [4.78, 5) is 14.7. The number of halogens is 1. The number of nitrogens with one attached hydrogen (secondary N) is 2. The molecule has 1 aromatic rings. The van der Waals surface area contributed by atoms with Crippen LogP contribution in [0.5, 0.6) is 0 Å². The van der Waals surface area contributed by atoms with Gasteiger partial charge in [-0.2, -0.15) is 0 Å². The number of nitrogens with zero attached hydrogens (tertiary/aromatic N) is 1. The van der Waals surface area contributed by atoms with Crippen molar-refractivity contribution in [2.24, 2.45) is 0 Å². The van der Waals surface area contributed by atoms with E-state index in [1.807, 2.05) is 13.0 Å². The first-order chi connectivity index (χ1) is 10.2. The van der Waals surface area contributed by atoms with E-state index in [2.05, 4.69) is 22.5 Å². The van der Waals surface area contributed by atoms with Crippen LogP contribution in [0.3, 0.4) is 0 Å². The van der Waals surface area contributed by atoms with Crippen LogP contribution in [-0.2, 0) is 0 Å². The van der Waals surface area contributed by atoms with Gasteiger partial charge in [-0.05, 0) is 44.5 Å². The Labute approximate surface area is 131 Å². The summed E-state index contributed by atoms with van der Waals surface area (Å²) in [5, 5.41) is 6.76. The second-order valence-electron chi connectivity index (χ2n) is 5.34. The van der Waals surface area contributed by atoms with E-state index in [0.717, 1.165) is 31.4 Å². The highest BCUT2D eigenvalue weighted by molar-refractivity contribution is 6.31. The number of benzene rings is 1. The molecule has 4 nitrogen and oxygen atoms in total. The molecule has 0 aromatic heterocycles. The molecule has 1 fully saturated rings. The van der Waals surface area contributed by atoms with Gasteiger partial charge in [0, 0.05) is 36.4 Å². The van der Waals surface area contributed by atoms with Crippen LogP contribution in [0.1, 0.15) is 37.0 Å². The molecule has 1 aromatic carbocycles. The summed E-state index contributed by atoms with van der Waals surface area (Å²) in [6.07, 6.45) is 2.58. The van der Waals surface area contributed by atoms with Crippen molar-refractivity contribution in [1.29, 1.82) is 0 Å². The lowest BCUT2D eigenvalue weighted by Gasteiger charge is -2.20. The zero-order valence-electron chi connectivity index (χ0n) is 12.8. The van der Waals surface area contributed by atoms with Gasteiger partial charge in [0.05, 0.1) is 5.56 Å². The minimum Gasteiger partial charge on any atom is -0.385 e. The highest BCUT2D eigenvalue weighted by Crippen LogP contribution is 2.26. The van der Waals surface area contributed by atoms with Crippen molar-refractivity contribution >= 4 is 23.2 Å². The van der Waals surface area contributed by atoms with Gasteiger partial charge in [-0.15, -0.1) is 0 Å². The fourth-order valence-corrected chi connectivity index (χ4v) is 2.67. The highest BCUT2D eigenvalue weighted by atomic mass is 35.5. The number of hydrogen-bond donors (Lipinski definition) is 2. The Morgan fingerprint density at radius 3 is 2.76 bits per heavy atom. The Bertz CT molecular complexity index is 488. The minimum atomic E-state index is -0.0692. The first-order valence-electron chi connectivity index (χ1n) is 7.71. The monoisotopic (exact) mass is 309 g/mol. The molecular weight excluding hydrogens is 286 g/mol. The molecule has 0 spiro atoms. The molecule has 1 saturated carbocycles. The highest BCUT2D eigenvalue weighted by Gasteiger charge is 2.27. The van der Waals surface area contributed by atoms with E-state index in [9.17, 15) is 4.79 Å². The molecule has 0 saturated heterocycles. The Kier molecular flexibility index (Phi) is 5.88.